The van der Waals surface area contributed by atoms with Crippen molar-refractivity contribution in [2.24, 2.45) is 0 Å². The van der Waals surface area contributed by atoms with Crippen molar-refractivity contribution in [2.45, 2.75) is 13.2 Å². The first kappa shape index (κ1) is 22.6. The van der Waals surface area contributed by atoms with Crippen LogP contribution in [0.3, 0.4) is 0 Å². The van der Waals surface area contributed by atoms with E-state index < -0.39 is 0 Å². The topological polar surface area (TPSA) is 69.0 Å². The van der Waals surface area contributed by atoms with Crippen molar-refractivity contribution in [3.63, 3.8) is 0 Å². The number of hydrogen-bond donors (Lipinski definition) is 1. The second-order valence-corrected chi connectivity index (χ2v) is 8.31. The van der Waals surface area contributed by atoms with E-state index in [0.29, 0.717) is 28.7 Å². The van der Waals surface area contributed by atoms with Crippen molar-refractivity contribution in [3.05, 3.63) is 102 Å². The second-order valence-electron chi connectivity index (χ2n) is 7.91. The molecule has 0 saturated heterocycles. The summed E-state index contributed by atoms with van der Waals surface area (Å²) in [4.78, 5) is 19.6. The van der Waals surface area contributed by atoms with Gasteiger partial charge in [-0.3, -0.25) is 0 Å². The van der Waals surface area contributed by atoms with Crippen LogP contribution in [0.25, 0.3) is 22.0 Å². The molecule has 5 aromatic rings. The molecule has 2 aromatic heterocycles. The minimum Gasteiger partial charge on any atom is -0.487 e. The summed E-state index contributed by atoms with van der Waals surface area (Å²) in [5, 5.41) is 4.57. The van der Waals surface area contributed by atoms with E-state index in [9.17, 15) is 9.18 Å². The van der Waals surface area contributed by atoms with E-state index in [1.807, 2.05) is 47.3 Å². The van der Waals surface area contributed by atoms with E-state index >= 15 is 0 Å². The Balaban J connectivity index is 1.37. The zero-order valence-corrected chi connectivity index (χ0v) is 19.2. The van der Waals surface area contributed by atoms with Gasteiger partial charge in [0.15, 0.2) is 0 Å². The van der Waals surface area contributed by atoms with Crippen molar-refractivity contribution in [1.29, 1.82) is 0 Å². The lowest BCUT2D eigenvalue weighted by molar-refractivity contribution is -0.108. The number of hydrogen-bond acceptors (Lipinski definition) is 5. The molecule has 174 valence electrons. The average molecular weight is 487 g/mol. The van der Waals surface area contributed by atoms with E-state index in [1.165, 1.54) is 18.5 Å². The highest BCUT2D eigenvalue weighted by Gasteiger charge is 2.10. The SMILES string of the molecule is O=CCn1ccc(-c2ccc3ncnc(Nc4ccc(OCc5cccc(F)c5)c(Cl)c4)c3c2)c1. The molecule has 0 aliphatic rings. The van der Waals surface area contributed by atoms with Crippen LogP contribution in [0.1, 0.15) is 5.56 Å². The van der Waals surface area contributed by atoms with Gasteiger partial charge in [0.25, 0.3) is 0 Å². The third-order valence-corrected chi connectivity index (χ3v) is 5.78. The Hall–Kier alpha value is -4.23. The fourth-order valence-corrected chi connectivity index (χ4v) is 4.00. The van der Waals surface area contributed by atoms with Gasteiger partial charge in [-0.05, 0) is 65.2 Å². The third kappa shape index (κ3) is 5.15. The minimum absolute atomic E-state index is 0.207. The molecule has 1 N–H and O–H groups in total. The van der Waals surface area contributed by atoms with Gasteiger partial charge in [0.05, 0.1) is 17.1 Å². The first-order valence-corrected chi connectivity index (χ1v) is 11.3. The number of ether oxygens (including phenoxy) is 1. The first-order valence-electron chi connectivity index (χ1n) is 10.9. The molecule has 2 heterocycles. The zero-order chi connectivity index (χ0) is 24.2. The number of nitrogens with one attached hydrogen (secondary N) is 1. The fraction of sp³-hybridized carbons (Fsp3) is 0.0741. The summed E-state index contributed by atoms with van der Waals surface area (Å²) in [5.41, 5.74) is 4.22. The van der Waals surface area contributed by atoms with E-state index in [1.54, 1.807) is 24.3 Å². The highest BCUT2D eigenvalue weighted by molar-refractivity contribution is 6.32. The van der Waals surface area contributed by atoms with Gasteiger partial charge in [-0.1, -0.05) is 29.8 Å². The first-order chi connectivity index (χ1) is 17.1. The van der Waals surface area contributed by atoms with Crippen molar-refractivity contribution in [1.82, 2.24) is 14.5 Å². The largest absolute Gasteiger partial charge is 0.487 e. The minimum atomic E-state index is -0.310. The highest BCUT2D eigenvalue weighted by atomic mass is 35.5. The van der Waals surface area contributed by atoms with E-state index in [2.05, 4.69) is 15.3 Å². The van der Waals surface area contributed by atoms with Crippen LogP contribution < -0.4 is 10.1 Å². The van der Waals surface area contributed by atoms with Crippen molar-refractivity contribution in [3.8, 4) is 16.9 Å². The summed E-state index contributed by atoms with van der Waals surface area (Å²) in [6.45, 7) is 0.518. The van der Waals surface area contributed by atoms with Crippen LogP contribution in [0.4, 0.5) is 15.9 Å². The highest BCUT2D eigenvalue weighted by Crippen LogP contribution is 2.32. The van der Waals surface area contributed by atoms with Crippen LogP contribution in [0.2, 0.25) is 5.02 Å². The molecule has 0 atom stereocenters. The molecule has 0 radical (unpaired) electrons. The van der Waals surface area contributed by atoms with Gasteiger partial charge in [-0.25, -0.2) is 14.4 Å². The monoisotopic (exact) mass is 486 g/mol. The molecule has 0 aliphatic carbocycles. The summed E-state index contributed by atoms with van der Waals surface area (Å²) in [5.74, 6) is 0.820. The van der Waals surface area contributed by atoms with Crippen LogP contribution in [0.15, 0.2) is 85.5 Å². The number of benzene rings is 3. The number of rotatable bonds is 8. The molecule has 5 rings (SSSR count). The van der Waals surface area contributed by atoms with Crippen molar-refractivity contribution in [2.75, 3.05) is 5.32 Å². The Morgan fingerprint density at radius 1 is 1.03 bits per heavy atom. The molecular weight excluding hydrogens is 467 g/mol. The Labute approximate surface area is 206 Å². The molecule has 0 fully saturated rings. The van der Waals surface area contributed by atoms with Crippen molar-refractivity contribution >= 4 is 40.3 Å². The number of halogens is 2. The van der Waals surface area contributed by atoms with Crippen LogP contribution in [0.5, 0.6) is 5.75 Å². The van der Waals surface area contributed by atoms with Gasteiger partial charge in [-0.2, -0.15) is 0 Å². The molecule has 6 nitrogen and oxygen atoms in total. The summed E-state index contributed by atoms with van der Waals surface area (Å²) in [7, 11) is 0. The quantitative estimate of drug-likeness (QED) is 0.256. The number of fused-ring (bicyclic) bond motifs is 1. The number of carbonyl (C=O) groups is 1. The number of anilines is 2. The van der Waals surface area contributed by atoms with E-state index in [-0.39, 0.29) is 12.4 Å². The number of nitrogens with zero attached hydrogens (tertiary/aromatic N) is 3. The smallest absolute Gasteiger partial charge is 0.141 e. The number of carbonyl (C=O) groups excluding carboxylic acids is 1. The van der Waals surface area contributed by atoms with Crippen LogP contribution in [0, 0.1) is 5.82 Å². The maximum absolute atomic E-state index is 13.4. The predicted octanol–water partition coefficient (Wildman–Crippen LogP) is 6.41. The Morgan fingerprint density at radius 3 is 2.77 bits per heavy atom. The van der Waals surface area contributed by atoms with Crippen LogP contribution in [-0.2, 0) is 17.9 Å². The summed E-state index contributed by atoms with van der Waals surface area (Å²) in [6.07, 6.45) is 6.16. The number of aldehydes is 1. The fourth-order valence-electron chi connectivity index (χ4n) is 3.77. The lowest BCUT2D eigenvalue weighted by Gasteiger charge is -2.12. The summed E-state index contributed by atoms with van der Waals surface area (Å²) >= 11 is 6.45. The Morgan fingerprint density at radius 2 is 1.94 bits per heavy atom. The van der Waals surface area contributed by atoms with Gasteiger partial charge in [0.2, 0.25) is 0 Å². The molecule has 35 heavy (non-hydrogen) atoms. The lowest BCUT2D eigenvalue weighted by atomic mass is 10.1. The van der Waals surface area contributed by atoms with Crippen LogP contribution >= 0.6 is 11.6 Å². The van der Waals surface area contributed by atoms with Crippen molar-refractivity contribution < 1.29 is 13.9 Å². The third-order valence-electron chi connectivity index (χ3n) is 5.48. The van der Waals surface area contributed by atoms with Gasteiger partial charge in [0.1, 0.15) is 36.6 Å². The molecule has 0 bridgehead atoms. The molecule has 0 saturated carbocycles. The standard InChI is InChI=1S/C27H20ClFN4O2/c28-24-14-22(5-7-26(24)35-16-18-2-1-3-21(29)12-18)32-27-23-13-19(4-6-25(23)30-17-31-27)20-8-9-33(15-20)10-11-34/h1-9,11-15,17H,10,16H2,(H,30,31,32). The molecule has 0 amide bonds. The average Bonchev–Trinajstić information content (AvgIpc) is 3.32. The van der Waals surface area contributed by atoms with Gasteiger partial charge in [-0.15, -0.1) is 0 Å². The van der Waals surface area contributed by atoms with Crippen LogP contribution in [-0.4, -0.2) is 20.8 Å². The Bertz CT molecular complexity index is 1520. The maximum Gasteiger partial charge on any atom is 0.141 e. The number of aromatic nitrogens is 3. The van der Waals surface area contributed by atoms with E-state index in [0.717, 1.165) is 34.0 Å². The van der Waals surface area contributed by atoms with Gasteiger partial charge >= 0.3 is 0 Å². The molecule has 0 spiro atoms. The molecule has 8 heteroatoms. The second kappa shape index (κ2) is 9.95. The van der Waals surface area contributed by atoms with Gasteiger partial charge in [0, 0.05) is 23.5 Å². The summed E-state index contributed by atoms with van der Waals surface area (Å²) in [6, 6.07) is 19.5. The summed E-state index contributed by atoms with van der Waals surface area (Å²) < 4.78 is 21.0. The maximum atomic E-state index is 13.4. The Kier molecular flexibility index (Phi) is 6.41. The molecule has 0 unspecified atom stereocenters. The molecule has 0 aliphatic heterocycles. The molecular formula is C27H20ClFN4O2. The molecule has 3 aromatic carbocycles. The lowest BCUT2D eigenvalue weighted by Crippen LogP contribution is -1.99. The van der Waals surface area contributed by atoms with Gasteiger partial charge < -0.3 is 19.4 Å². The normalized spacial score (nSPS) is 10.9. The van der Waals surface area contributed by atoms with E-state index in [4.69, 9.17) is 16.3 Å². The predicted molar refractivity (Wildman–Crippen MR) is 134 cm³/mol. The zero-order valence-electron chi connectivity index (χ0n) is 18.5.